The molecule has 0 aliphatic carbocycles. The van der Waals surface area contributed by atoms with Gasteiger partial charge in [-0.3, -0.25) is 0 Å². The largest absolute Gasteiger partial charge is 0.0859 e. The fraction of sp³-hybridized carbons (Fsp3) is 0.867. The van der Waals surface area contributed by atoms with Crippen LogP contribution in [0.4, 0.5) is 0 Å². The molecular formula is C30H60. The van der Waals surface area contributed by atoms with Crippen molar-refractivity contribution in [1.82, 2.24) is 0 Å². The molecule has 0 bridgehead atoms. The van der Waals surface area contributed by atoms with Crippen molar-refractivity contribution in [3.63, 3.8) is 0 Å². The lowest BCUT2D eigenvalue weighted by Gasteiger charge is -2.12. The molecule has 0 rings (SSSR count). The van der Waals surface area contributed by atoms with E-state index in [0.717, 1.165) is 23.7 Å². The molecule has 30 heavy (non-hydrogen) atoms. The minimum atomic E-state index is 0.859. The Kier molecular flexibility index (Phi) is 22.9. The van der Waals surface area contributed by atoms with Crippen LogP contribution in [0.2, 0.25) is 0 Å². The van der Waals surface area contributed by atoms with E-state index in [-0.39, 0.29) is 0 Å². The van der Waals surface area contributed by atoms with Gasteiger partial charge in [0.1, 0.15) is 0 Å². The molecule has 3 unspecified atom stereocenters. The molecule has 0 heterocycles. The van der Waals surface area contributed by atoms with Gasteiger partial charge in [-0.2, -0.15) is 0 Å². The van der Waals surface area contributed by atoms with Crippen LogP contribution >= 0.6 is 0 Å². The van der Waals surface area contributed by atoms with Crippen molar-refractivity contribution in [2.75, 3.05) is 0 Å². The average molecular weight is 421 g/mol. The summed E-state index contributed by atoms with van der Waals surface area (Å²) in [5.41, 5.74) is 3.06. The smallest absolute Gasteiger partial charge is 0.0323 e. The SMILES string of the molecule is CCC(C)CCC=C(C)CCCC(C)C.CCC(C)CCCC(C)CCC=C(C)C. The minimum Gasteiger partial charge on any atom is -0.0859 e. The molecule has 0 amide bonds. The summed E-state index contributed by atoms with van der Waals surface area (Å²) in [6.07, 6.45) is 21.1. The zero-order valence-electron chi connectivity index (χ0n) is 22.9. The first-order chi connectivity index (χ1) is 14.1. The number of allylic oxidation sites excluding steroid dienone is 4. The Balaban J connectivity index is 0. The molecule has 0 aliphatic rings. The summed E-state index contributed by atoms with van der Waals surface area (Å²) in [5.74, 6) is 3.59. The van der Waals surface area contributed by atoms with Crippen molar-refractivity contribution in [2.24, 2.45) is 23.7 Å². The van der Waals surface area contributed by atoms with E-state index in [4.69, 9.17) is 0 Å². The highest BCUT2D eigenvalue weighted by molar-refractivity contribution is 4.97. The second-order valence-corrected chi connectivity index (χ2v) is 10.8. The van der Waals surface area contributed by atoms with Gasteiger partial charge in [0.25, 0.3) is 0 Å². The summed E-state index contributed by atoms with van der Waals surface area (Å²) in [6, 6.07) is 0. The van der Waals surface area contributed by atoms with E-state index in [0.29, 0.717) is 0 Å². The second kappa shape index (κ2) is 21.7. The van der Waals surface area contributed by atoms with Gasteiger partial charge in [0.15, 0.2) is 0 Å². The van der Waals surface area contributed by atoms with E-state index in [2.05, 4.69) is 81.4 Å². The quantitative estimate of drug-likeness (QED) is 0.218. The van der Waals surface area contributed by atoms with Gasteiger partial charge in [0.2, 0.25) is 0 Å². The Morgan fingerprint density at radius 3 is 1.63 bits per heavy atom. The summed E-state index contributed by atoms with van der Waals surface area (Å²) in [6.45, 7) is 23.0. The molecule has 0 aromatic rings. The lowest BCUT2D eigenvalue weighted by molar-refractivity contribution is 0.420. The standard InChI is InChI=1S/2C15H30/c2*1-6-14(4)10-8-12-15(5)11-7-9-13(2)3/h12-14H,6-11H2,1-5H3;9,14-15H,6-8,10-12H2,1-5H3. The van der Waals surface area contributed by atoms with E-state index in [1.807, 2.05) is 0 Å². The Morgan fingerprint density at radius 2 is 1.10 bits per heavy atom. The van der Waals surface area contributed by atoms with Crippen LogP contribution < -0.4 is 0 Å². The number of hydrogen-bond acceptors (Lipinski definition) is 0. The Labute approximate surface area is 193 Å². The number of hydrogen-bond donors (Lipinski definition) is 0. The maximum atomic E-state index is 2.45. The van der Waals surface area contributed by atoms with Crippen LogP contribution in [0.5, 0.6) is 0 Å². The van der Waals surface area contributed by atoms with Gasteiger partial charge < -0.3 is 0 Å². The molecule has 0 saturated carbocycles. The molecule has 0 saturated heterocycles. The van der Waals surface area contributed by atoms with Crippen LogP contribution in [0.3, 0.4) is 0 Å². The Morgan fingerprint density at radius 1 is 0.600 bits per heavy atom. The van der Waals surface area contributed by atoms with Crippen molar-refractivity contribution in [2.45, 2.75) is 146 Å². The van der Waals surface area contributed by atoms with Gasteiger partial charge in [0.05, 0.1) is 0 Å². The molecule has 0 aromatic heterocycles. The molecule has 180 valence electrons. The van der Waals surface area contributed by atoms with Crippen molar-refractivity contribution in [3.8, 4) is 0 Å². The fourth-order valence-corrected chi connectivity index (χ4v) is 3.53. The van der Waals surface area contributed by atoms with Crippen molar-refractivity contribution < 1.29 is 0 Å². The van der Waals surface area contributed by atoms with Gasteiger partial charge in [-0.05, 0) is 83.0 Å². The summed E-state index contributed by atoms with van der Waals surface area (Å²) in [4.78, 5) is 0. The van der Waals surface area contributed by atoms with Crippen LogP contribution in [-0.2, 0) is 0 Å². The monoisotopic (exact) mass is 420 g/mol. The summed E-state index contributed by atoms with van der Waals surface area (Å²) < 4.78 is 0. The Hall–Kier alpha value is -0.520. The third-order valence-electron chi connectivity index (χ3n) is 6.50. The molecular weight excluding hydrogens is 360 g/mol. The first kappa shape index (κ1) is 31.7. The highest BCUT2D eigenvalue weighted by Gasteiger charge is 2.03. The first-order valence-corrected chi connectivity index (χ1v) is 13.4. The normalized spacial score (nSPS) is 14.7. The zero-order chi connectivity index (χ0) is 23.4. The predicted octanol–water partition coefficient (Wildman–Crippen LogP) is 11.2. The van der Waals surface area contributed by atoms with Gasteiger partial charge in [0, 0.05) is 0 Å². The maximum Gasteiger partial charge on any atom is -0.0323 e. The van der Waals surface area contributed by atoms with Crippen molar-refractivity contribution in [1.29, 1.82) is 0 Å². The van der Waals surface area contributed by atoms with E-state index < -0.39 is 0 Å². The van der Waals surface area contributed by atoms with Gasteiger partial charge in [-0.1, -0.05) is 110 Å². The first-order valence-electron chi connectivity index (χ1n) is 13.4. The van der Waals surface area contributed by atoms with Crippen LogP contribution in [0.15, 0.2) is 23.3 Å². The highest BCUT2D eigenvalue weighted by Crippen LogP contribution is 2.18. The zero-order valence-corrected chi connectivity index (χ0v) is 22.9. The van der Waals surface area contributed by atoms with Crippen LogP contribution in [-0.4, -0.2) is 0 Å². The molecule has 0 aliphatic heterocycles. The predicted molar refractivity (Wildman–Crippen MR) is 142 cm³/mol. The summed E-state index contributed by atoms with van der Waals surface area (Å²) in [5, 5.41) is 0. The van der Waals surface area contributed by atoms with Crippen LogP contribution in [0.1, 0.15) is 146 Å². The topological polar surface area (TPSA) is 0 Å². The third kappa shape index (κ3) is 25.5. The molecule has 0 nitrogen and oxygen atoms in total. The number of rotatable bonds is 16. The molecule has 3 atom stereocenters. The maximum absolute atomic E-state index is 2.45. The lowest BCUT2D eigenvalue weighted by Crippen LogP contribution is -1.97. The Bertz CT molecular complexity index is 408. The summed E-state index contributed by atoms with van der Waals surface area (Å²) >= 11 is 0. The fourth-order valence-electron chi connectivity index (χ4n) is 3.53. The molecule has 0 spiro atoms. The van der Waals surface area contributed by atoms with Gasteiger partial charge in [-0.25, -0.2) is 0 Å². The lowest BCUT2D eigenvalue weighted by atomic mass is 9.94. The molecule has 0 heteroatoms. The molecule has 0 N–H and O–H groups in total. The van der Waals surface area contributed by atoms with E-state index in [1.165, 1.54) is 82.6 Å². The van der Waals surface area contributed by atoms with E-state index >= 15 is 0 Å². The second-order valence-electron chi connectivity index (χ2n) is 10.8. The van der Waals surface area contributed by atoms with Crippen LogP contribution in [0, 0.1) is 23.7 Å². The highest BCUT2D eigenvalue weighted by atomic mass is 14.1. The van der Waals surface area contributed by atoms with E-state index in [9.17, 15) is 0 Å². The average Bonchev–Trinajstić information content (AvgIpc) is 2.67. The minimum absolute atomic E-state index is 0.859. The third-order valence-corrected chi connectivity index (χ3v) is 6.50. The van der Waals surface area contributed by atoms with E-state index in [1.54, 1.807) is 5.57 Å². The summed E-state index contributed by atoms with van der Waals surface area (Å²) in [7, 11) is 0. The van der Waals surface area contributed by atoms with Crippen molar-refractivity contribution >= 4 is 0 Å². The molecule has 0 radical (unpaired) electrons. The molecule has 0 aromatic carbocycles. The van der Waals surface area contributed by atoms with Crippen molar-refractivity contribution in [3.05, 3.63) is 23.3 Å². The van der Waals surface area contributed by atoms with Gasteiger partial charge in [-0.15, -0.1) is 0 Å². The molecule has 0 fully saturated rings. The van der Waals surface area contributed by atoms with Gasteiger partial charge >= 0.3 is 0 Å². The van der Waals surface area contributed by atoms with Crippen LogP contribution in [0.25, 0.3) is 0 Å².